The Balaban J connectivity index is 2.24. The molecular weight excluding hydrogens is 260 g/mol. The van der Waals surface area contributed by atoms with Crippen molar-refractivity contribution in [2.24, 2.45) is 0 Å². The number of rotatable bonds is 2. The highest BCUT2D eigenvalue weighted by Gasteiger charge is 2.45. The fraction of sp³-hybridized carbons (Fsp3) is 0.316. The lowest BCUT2D eigenvalue weighted by molar-refractivity contribution is 0.0696. The summed E-state index contributed by atoms with van der Waals surface area (Å²) in [4.78, 5) is 11.3. The van der Waals surface area contributed by atoms with Crippen molar-refractivity contribution in [2.75, 3.05) is 0 Å². The molecule has 1 aliphatic carbocycles. The van der Waals surface area contributed by atoms with Gasteiger partial charge >= 0.3 is 5.97 Å². The van der Waals surface area contributed by atoms with E-state index in [1.807, 2.05) is 30.3 Å². The van der Waals surface area contributed by atoms with Gasteiger partial charge in [0.1, 0.15) is 0 Å². The first-order valence-corrected chi connectivity index (χ1v) is 7.28. The quantitative estimate of drug-likeness (QED) is 0.886. The summed E-state index contributed by atoms with van der Waals surface area (Å²) in [6.45, 7) is 6.70. The Morgan fingerprint density at radius 2 is 1.67 bits per heavy atom. The molecule has 1 aliphatic rings. The summed E-state index contributed by atoms with van der Waals surface area (Å²) in [6.07, 6.45) is 0.989. The highest BCUT2D eigenvalue weighted by atomic mass is 16.4. The second-order valence-electron chi connectivity index (χ2n) is 6.82. The topological polar surface area (TPSA) is 37.3 Å². The van der Waals surface area contributed by atoms with E-state index in [9.17, 15) is 9.90 Å². The third kappa shape index (κ3) is 2.06. The van der Waals surface area contributed by atoms with Crippen LogP contribution in [0.2, 0.25) is 0 Å². The fourth-order valence-electron chi connectivity index (χ4n) is 3.86. The molecule has 2 aromatic rings. The van der Waals surface area contributed by atoms with E-state index in [0.717, 1.165) is 12.0 Å². The minimum absolute atomic E-state index is 0.0525. The first-order chi connectivity index (χ1) is 9.84. The van der Waals surface area contributed by atoms with Crippen LogP contribution in [0.1, 0.15) is 54.2 Å². The average molecular weight is 280 g/mol. The average Bonchev–Trinajstić information content (AvgIpc) is 2.67. The van der Waals surface area contributed by atoms with Gasteiger partial charge in [0.2, 0.25) is 0 Å². The van der Waals surface area contributed by atoms with Gasteiger partial charge in [-0.25, -0.2) is 4.79 Å². The summed E-state index contributed by atoms with van der Waals surface area (Å²) >= 11 is 0. The third-order valence-corrected chi connectivity index (χ3v) is 4.80. The van der Waals surface area contributed by atoms with Gasteiger partial charge in [0, 0.05) is 5.41 Å². The molecule has 0 bridgehead atoms. The maximum atomic E-state index is 11.3. The van der Waals surface area contributed by atoms with Crippen LogP contribution < -0.4 is 0 Å². The van der Waals surface area contributed by atoms with Gasteiger partial charge in [-0.15, -0.1) is 0 Å². The van der Waals surface area contributed by atoms with Gasteiger partial charge in [-0.05, 0) is 40.7 Å². The minimum atomic E-state index is -0.863. The summed E-state index contributed by atoms with van der Waals surface area (Å²) in [5.41, 5.74) is 3.95. The maximum Gasteiger partial charge on any atom is 0.335 e. The minimum Gasteiger partial charge on any atom is -0.478 e. The van der Waals surface area contributed by atoms with Gasteiger partial charge in [-0.1, -0.05) is 57.2 Å². The fourth-order valence-corrected chi connectivity index (χ4v) is 3.86. The van der Waals surface area contributed by atoms with Crippen LogP contribution in [0.3, 0.4) is 0 Å². The predicted molar refractivity (Wildman–Crippen MR) is 83.9 cm³/mol. The predicted octanol–water partition coefficient (Wildman–Crippen LogP) is 4.37. The summed E-state index contributed by atoms with van der Waals surface area (Å²) < 4.78 is 0. The van der Waals surface area contributed by atoms with Crippen LogP contribution in [0.5, 0.6) is 0 Å². The molecule has 0 saturated heterocycles. The van der Waals surface area contributed by atoms with Gasteiger partial charge in [-0.3, -0.25) is 0 Å². The molecule has 0 radical (unpaired) electrons. The van der Waals surface area contributed by atoms with E-state index in [-0.39, 0.29) is 10.8 Å². The Morgan fingerprint density at radius 3 is 2.29 bits per heavy atom. The van der Waals surface area contributed by atoms with Crippen LogP contribution >= 0.6 is 0 Å². The largest absolute Gasteiger partial charge is 0.478 e. The molecule has 0 aliphatic heterocycles. The first kappa shape index (κ1) is 13.9. The number of hydrogen-bond acceptors (Lipinski definition) is 1. The lowest BCUT2D eigenvalue weighted by atomic mass is 9.75. The molecule has 0 spiro atoms. The number of carboxylic acid groups (broad SMARTS) is 1. The third-order valence-electron chi connectivity index (χ3n) is 4.80. The first-order valence-electron chi connectivity index (χ1n) is 7.28. The Kier molecular flexibility index (Phi) is 2.94. The lowest BCUT2D eigenvalue weighted by Crippen LogP contribution is -2.23. The van der Waals surface area contributed by atoms with Crippen molar-refractivity contribution in [1.29, 1.82) is 0 Å². The molecule has 0 saturated carbocycles. The highest BCUT2D eigenvalue weighted by Crippen LogP contribution is 2.52. The Morgan fingerprint density at radius 1 is 1.00 bits per heavy atom. The van der Waals surface area contributed by atoms with Crippen molar-refractivity contribution in [1.82, 2.24) is 0 Å². The molecule has 0 amide bonds. The zero-order chi connectivity index (χ0) is 15.3. The molecule has 0 heterocycles. The van der Waals surface area contributed by atoms with Gasteiger partial charge in [0.25, 0.3) is 0 Å². The maximum absolute atomic E-state index is 11.3. The second kappa shape index (κ2) is 4.45. The second-order valence-corrected chi connectivity index (χ2v) is 6.82. The number of hydrogen-bond donors (Lipinski definition) is 1. The number of fused-ring (bicyclic) bond motifs is 1. The number of benzene rings is 2. The molecule has 2 aromatic carbocycles. The monoisotopic (exact) mass is 280 g/mol. The van der Waals surface area contributed by atoms with Crippen molar-refractivity contribution < 1.29 is 9.90 Å². The van der Waals surface area contributed by atoms with E-state index in [2.05, 4.69) is 32.9 Å². The van der Waals surface area contributed by atoms with E-state index in [1.165, 1.54) is 11.1 Å². The van der Waals surface area contributed by atoms with Gasteiger partial charge in [0.05, 0.1) is 5.56 Å². The summed E-state index contributed by atoms with van der Waals surface area (Å²) in [5, 5.41) is 9.29. The van der Waals surface area contributed by atoms with E-state index in [1.54, 1.807) is 6.07 Å². The van der Waals surface area contributed by atoms with Gasteiger partial charge in [0.15, 0.2) is 0 Å². The van der Waals surface area contributed by atoms with Crippen molar-refractivity contribution >= 4 is 5.97 Å². The molecule has 0 fully saturated rings. The van der Waals surface area contributed by atoms with Gasteiger partial charge in [-0.2, -0.15) is 0 Å². The van der Waals surface area contributed by atoms with Crippen molar-refractivity contribution in [3.05, 3.63) is 70.8 Å². The molecule has 2 nitrogen and oxygen atoms in total. The van der Waals surface area contributed by atoms with Crippen LogP contribution in [0, 0.1) is 0 Å². The van der Waals surface area contributed by atoms with Crippen LogP contribution in [0.25, 0.3) is 0 Å². The Bertz CT molecular complexity index is 701. The van der Waals surface area contributed by atoms with Crippen molar-refractivity contribution in [3.8, 4) is 0 Å². The highest BCUT2D eigenvalue weighted by molar-refractivity contribution is 5.88. The standard InChI is InChI=1S/C19H20O2/c1-18(2)12-19(3,14-7-5-4-6-8-14)16-11-13(17(20)21)9-10-15(16)18/h4-11H,12H2,1-3H3,(H,20,21)/t19-/m1/s1. The van der Waals surface area contributed by atoms with Crippen LogP contribution in [-0.4, -0.2) is 11.1 Å². The lowest BCUT2D eigenvalue weighted by Gasteiger charge is -2.28. The summed E-state index contributed by atoms with van der Waals surface area (Å²) in [7, 11) is 0. The molecule has 3 rings (SSSR count). The van der Waals surface area contributed by atoms with E-state index in [0.29, 0.717) is 5.56 Å². The summed E-state index contributed by atoms with van der Waals surface area (Å²) in [6, 6.07) is 16.0. The number of carboxylic acids is 1. The molecule has 21 heavy (non-hydrogen) atoms. The summed E-state index contributed by atoms with van der Waals surface area (Å²) in [5.74, 6) is -0.863. The van der Waals surface area contributed by atoms with E-state index >= 15 is 0 Å². The van der Waals surface area contributed by atoms with Gasteiger partial charge < -0.3 is 5.11 Å². The molecule has 0 unspecified atom stereocenters. The van der Waals surface area contributed by atoms with E-state index < -0.39 is 5.97 Å². The SMILES string of the molecule is CC1(C)C[C@](C)(c2ccccc2)c2cc(C(=O)O)ccc21. The number of carbonyl (C=O) groups is 1. The van der Waals surface area contributed by atoms with Crippen molar-refractivity contribution in [2.45, 2.75) is 38.0 Å². The normalized spacial score (nSPS) is 22.8. The molecular formula is C19H20O2. The molecule has 0 aromatic heterocycles. The molecule has 1 atom stereocenters. The molecule has 108 valence electrons. The molecule has 2 heteroatoms. The van der Waals surface area contributed by atoms with Crippen molar-refractivity contribution in [3.63, 3.8) is 0 Å². The zero-order valence-corrected chi connectivity index (χ0v) is 12.7. The Hall–Kier alpha value is -2.09. The zero-order valence-electron chi connectivity index (χ0n) is 12.7. The smallest absolute Gasteiger partial charge is 0.335 e. The molecule has 1 N–H and O–H groups in total. The number of aromatic carboxylic acids is 1. The Labute approximate surface area is 125 Å². The van der Waals surface area contributed by atoms with E-state index in [4.69, 9.17) is 0 Å². The van der Waals surface area contributed by atoms with Crippen LogP contribution in [0.15, 0.2) is 48.5 Å². The van der Waals surface area contributed by atoms with Crippen LogP contribution in [0.4, 0.5) is 0 Å². The van der Waals surface area contributed by atoms with Crippen LogP contribution in [-0.2, 0) is 10.8 Å².